The molecule has 0 saturated carbocycles. The summed E-state index contributed by atoms with van der Waals surface area (Å²) in [5.41, 5.74) is 1.26. The number of rotatable bonds is 4. The Kier molecular flexibility index (Phi) is 5.08. The minimum atomic E-state index is -0.344. The Labute approximate surface area is 161 Å². The zero-order chi connectivity index (χ0) is 19.5. The molecule has 1 aliphatic heterocycles. The zero-order valence-electron chi connectivity index (χ0n) is 15.2. The number of nitrogens with one attached hydrogen (secondary N) is 1. The van der Waals surface area contributed by atoms with Crippen molar-refractivity contribution in [2.45, 2.75) is 0 Å². The van der Waals surface area contributed by atoms with Crippen LogP contribution in [0.3, 0.4) is 0 Å². The topological polar surface area (TPSA) is 65.8 Å². The fourth-order valence-corrected chi connectivity index (χ4v) is 3.29. The van der Waals surface area contributed by atoms with Crippen molar-refractivity contribution >= 4 is 28.5 Å². The Morgan fingerprint density at radius 2 is 1.71 bits per heavy atom. The maximum atomic E-state index is 12.9. The number of carbonyl (C=O) groups excluding carboxylic acids is 2. The van der Waals surface area contributed by atoms with Crippen LogP contribution in [-0.4, -0.2) is 54.3 Å². The summed E-state index contributed by atoms with van der Waals surface area (Å²) in [6.45, 7) is 2.48. The van der Waals surface area contributed by atoms with Crippen molar-refractivity contribution in [2.75, 3.05) is 38.0 Å². The molecule has 1 fully saturated rings. The van der Waals surface area contributed by atoms with Gasteiger partial charge in [-0.2, -0.15) is 0 Å². The Balaban J connectivity index is 1.29. The molecule has 0 aliphatic carbocycles. The number of hydrogen-bond acceptors (Lipinski definition) is 4. The van der Waals surface area contributed by atoms with E-state index in [9.17, 15) is 14.0 Å². The largest absolute Gasteiger partial charge is 0.451 e. The highest BCUT2D eigenvalue weighted by molar-refractivity contribution is 5.96. The third-order valence-electron chi connectivity index (χ3n) is 4.79. The molecule has 28 heavy (non-hydrogen) atoms. The van der Waals surface area contributed by atoms with E-state index in [1.54, 1.807) is 11.0 Å². The predicted molar refractivity (Wildman–Crippen MR) is 104 cm³/mol. The summed E-state index contributed by atoms with van der Waals surface area (Å²) in [4.78, 5) is 28.6. The molecule has 6 nitrogen and oxygen atoms in total. The van der Waals surface area contributed by atoms with Gasteiger partial charge in [0.2, 0.25) is 5.91 Å². The number of hydrogen-bond donors (Lipinski definition) is 1. The zero-order valence-corrected chi connectivity index (χ0v) is 15.2. The van der Waals surface area contributed by atoms with Crippen LogP contribution in [0.1, 0.15) is 10.6 Å². The van der Waals surface area contributed by atoms with Crippen molar-refractivity contribution < 1.29 is 18.4 Å². The molecule has 0 spiro atoms. The van der Waals surface area contributed by atoms with Gasteiger partial charge in [-0.15, -0.1) is 0 Å². The highest BCUT2D eigenvalue weighted by atomic mass is 19.1. The molecule has 3 aromatic rings. The molecule has 2 amide bonds. The van der Waals surface area contributed by atoms with E-state index in [-0.39, 0.29) is 24.2 Å². The molecule has 144 valence electrons. The Morgan fingerprint density at radius 1 is 1.00 bits per heavy atom. The van der Waals surface area contributed by atoms with E-state index in [0.29, 0.717) is 43.2 Å². The van der Waals surface area contributed by atoms with Crippen LogP contribution in [0.4, 0.5) is 10.1 Å². The summed E-state index contributed by atoms with van der Waals surface area (Å²) in [6, 6.07) is 14.9. The maximum absolute atomic E-state index is 12.9. The van der Waals surface area contributed by atoms with Crippen LogP contribution >= 0.6 is 0 Å². The van der Waals surface area contributed by atoms with Gasteiger partial charge < -0.3 is 14.6 Å². The summed E-state index contributed by atoms with van der Waals surface area (Å²) in [5, 5.41) is 3.65. The number of halogens is 1. The molecule has 1 aliphatic rings. The lowest BCUT2D eigenvalue weighted by Crippen LogP contribution is -2.50. The van der Waals surface area contributed by atoms with Crippen molar-refractivity contribution in [1.82, 2.24) is 9.80 Å². The van der Waals surface area contributed by atoms with Crippen molar-refractivity contribution in [1.29, 1.82) is 0 Å². The van der Waals surface area contributed by atoms with Crippen molar-refractivity contribution in [3.05, 3.63) is 66.2 Å². The Hall–Kier alpha value is -3.19. The summed E-state index contributed by atoms with van der Waals surface area (Å²) < 4.78 is 18.6. The first-order valence-corrected chi connectivity index (χ1v) is 9.14. The Morgan fingerprint density at radius 3 is 2.43 bits per heavy atom. The number of amides is 2. The third-order valence-corrected chi connectivity index (χ3v) is 4.79. The number of fused-ring (bicyclic) bond motifs is 1. The molecule has 0 bridgehead atoms. The van der Waals surface area contributed by atoms with Gasteiger partial charge >= 0.3 is 0 Å². The normalized spacial score (nSPS) is 15.0. The van der Waals surface area contributed by atoms with E-state index in [1.165, 1.54) is 24.3 Å². The monoisotopic (exact) mass is 381 g/mol. The number of nitrogens with zero attached hydrogens (tertiary/aromatic N) is 2. The molecular formula is C21H20FN3O3. The molecule has 1 saturated heterocycles. The molecule has 1 N–H and O–H groups in total. The fraction of sp³-hybridized carbons (Fsp3) is 0.238. The minimum absolute atomic E-state index is 0.133. The van der Waals surface area contributed by atoms with Crippen molar-refractivity contribution in [3.63, 3.8) is 0 Å². The predicted octanol–water partition coefficient (Wildman–Crippen LogP) is 2.97. The number of piperazine rings is 1. The van der Waals surface area contributed by atoms with Gasteiger partial charge in [0.15, 0.2) is 5.76 Å². The second-order valence-electron chi connectivity index (χ2n) is 6.77. The number of carbonyl (C=O) groups is 2. The summed E-state index contributed by atoms with van der Waals surface area (Å²) >= 11 is 0. The lowest BCUT2D eigenvalue weighted by molar-refractivity contribution is -0.117. The molecule has 0 unspecified atom stereocenters. The van der Waals surface area contributed by atoms with Gasteiger partial charge in [-0.05, 0) is 36.4 Å². The van der Waals surface area contributed by atoms with E-state index in [0.717, 1.165) is 5.39 Å². The van der Waals surface area contributed by atoms with E-state index in [2.05, 4.69) is 5.32 Å². The molecule has 0 radical (unpaired) electrons. The highest BCUT2D eigenvalue weighted by Crippen LogP contribution is 2.20. The molecule has 4 rings (SSSR count). The lowest BCUT2D eigenvalue weighted by atomic mass is 10.2. The molecule has 7 heteroatoms. The fourth-order valence-electron chi connectivity index (χ4n) is 3.29. The van der Waals surface area contributed by atoms with Gasteiger partial charge in [-0.1, -0.05) is 18.2 Å². The van der Waals surface area contributed by atoms with Gasteiger partial charge in [0.25, 0.3) is 5.91 Å². The van der Waals surface area contributed by atoms with Crippen LogP contribution in [0.25, 0.3) is 11.0 Å². The summed E-state index contributed by atoms with van der Waals surface area (Å²) in [6.07, 6.45) is 0. The van der Waals surface area contributed by atoms with Crippen LogP contribution in [0.2, 0.25) is 0 Å². The average Bonchev–Trinajstić information content (AvgIpc) is 3.14. The maximum Gasteiger partial charge on any atom is 0.289 e. The number of benzene rings is 2. The van der Waals surface area contributed by atoms with Crippen LogP contribution in [0.5, 0.6) is 0 Å². The minimum Gasteiger partial charge on any atom is -0.451 e. The van der Waals surface area contributed by atoms with Crippen LogP contribution in [0.15, 0.2) is 59.0 Å². The van der Waals surface area contributed by atoms with Gasteiger partial charge in [0.1, 0.15) is 11.4 Å². The molecular weight excluding hydrogens is 361 g/mol. The van der Waals surface area contributed by atoms with Gasteiger partial charge in [0, 0.05) is 37.3 Å². The Bertz CT molecular complexity index is 959. The molecule has 2 heterocycles. The first kappa shape index (κ1) is 18.2. The summed E-state index contributed by atoms with van der Waals surface area (Å²) in [7, 11) is 0. The van der Waals surface area contributed by atoms with Crippen LogP contribution in [-0.2, 0) is 4.79 Å². The lowest BCUT2D eigenvalue weighted by Gasteiger charge is -2.33. The van der Waals surface area contributed by atoms with Gasteiger partial charge in [-0.3, -0.25) is 14.5 Å². The van der Waals surface area contributed by atoms with E-state index < -0.39 is 0 Å². The summed E-state index contributed by atoms with van der Waals surface area (Å²) in [5.74, 6) is -0.303. The van der Waals surface area contributed by atoms with Gasteiger partial charge in [0.05, 0.1) is 6.54 Å². The molecule has 2 aromatic carbocycles. The number of furan rings is 1. The van der Waals surface area contributed by atoms with Crippen LogP contribution < -0.4 is 5.32 Å². The molecule has 1 aromatic heterocycles. The van der Waals surface area contributed by atoms with E-state index in [4.69, 9.17) is 4.42 Å². The van der Waals surface area contributed by atoms with E-state index in [1.807, 2.05) is 29.2 Å². The first-order valence-electron chi connectivity index (χ1n) is 9.14. The standard InChI is InChI=1S/C21H20FN3O3/c22-16-5-7-17(8-6-16)23-20(26)14-24-9-11-25(12-10-24)21(27)19-13-15-3-1-2-4-18(15)28-19/h1-8,13H,9-12,14H2,(H,23,26). The average molecular weight is 381 g/mol. The second kappa shape index (κ2) is 7.82. The SMILES string of the molecule is O=C(CN1CCN(C(=O)c2cc3ccccc3o2)CC1)Nc1ccc(F)cc1. The first-order chi connectivity index (χ1) is 13.6. The number of para-hydroxylation sites is 1. The van der Waals surface area contributed by atoms with Crippen molar-refractivity contribution in [2.24, 2.45) is 0 Å². The van der Waals surface area contributed by atoms with Gasteiger partial charge in [-0.25, -0.2) is 4.39 Å². The highest BCUT2D eigenvalue weighted by Gasteiger charge is 2.25. The third kappa shape index (κ3) is 4.04. The molecule has 0 atom stereocenters. The number of anilines is 1. The second-order valence-corrected chi connectivity index (χ2v) is 6.77. The van der Waals surface area contributed by atoms with E-state index >= 15 is 0 Å². The smallest absolute Gasteiger partial charge is 0.289 e. The quantitative estimate of drug-likeness (QED) is 0.755. The van der Waals surface area contributed by atoms with Crippen molar-refractivity contribution in [3.8, 4) is 0 Å². The van der Waals surface area contributed by atoms with Crippen LogP contribution in [0, 0.1) is 5.82 Å².